The lowest BCUT2D eigenvalue weighted by Crippen LogP contribution is -2.21. The van der Waals surface area contributed by atoms with Gasteiger partial charge in [-0.2, -0.15) is 0 Å². The Hall–Kier alpha value is -2.53. The van der Waals surface area contributed by atoms with Gasteiger partial charge in [0.15, 0.2) is 0 Å². The number of amides is 1. The van der Waals surface area contributed by atoms with Gasteiger partial charge in [0.05, 0.1) is 6.10 Å². The lowest BCUT2D eigenvalue weighted by Gasteiger charge is -2.25. The number of anilines is 1. The third-order valence-electron chi connectivity index (χ3n) is 4.75. The number of aryl methyl sites for hydroxylation is 1. The molecule has 0 spiro atoms. The Morgan fingerprint density at radius 3 is 2.57 bits per heavy atom. The lowest BCUT2D eigenvalue weighted by atomic mass is 10.0. The summed E-state index contributed by atoms with van der Waals surface area (Å²) >= 11 is 0. The Morgan fingerprint density at radius 2 is 1.89 bits per heavy atom. The minimum Gasteiger partial charge on any atom is -0.490 e. The number of benzene rings is 2. The second-order valence-electron chi connectivity index (χ2n) is 6.81. The van der Waals surface area contributed by atoms with Crippen molar-refractivity contribution in [2.24, 2.45) is 10.7 Å². The number of fused-ring (bicyclic) bond motifs is 1. The molecule has 1 heterocycles. The Morgan fingerprint density at radius 1 is 1.18 bits per heavy atom. The number of carbonyl (C=O) groups excluding carboxylic acids is 1. The summed E-state index contributed by atoms with van der Waals surface area (Å²) in [6.07, 6.45) is 4.25. The van der Waals surface area contributed by atoms with Gasteiger partial charge in [-0.25, -0.2) is 0 Å². The third kappa shape index (κ3) is 5.26. The molecule has 2 aromatic rings. The normalized spacial score (nSPS) is 15.8. The molecule has 0 bridgehead atoms. The van der Waals surface area contributed by atoms with E-state index in [4.69, 9.17) is 10.5 Å². The van der Waals surface area contributed by atoms with E-state index < -0.39 is 0 Å². The predicted molar refractivity (Wildman–Crippen MR) is 117 cm³/mol. The molecule has 0 aromatic heterocycles. The van der Waals surface area contributed by atoms with Crippen LogP contribution in [0.3, 0.4) is 0 Å². The molecule has 3 N–H and O–H groups in total. The van der Waals surface area contributed by atoms with Crippen molar-refractivity contribution in [2.75, 3.05) is 11.9 Å². The Bertz CT molecular complexity index is 834. The van der Waals surface area contributed by atoms with E-state index in [1.54, 1.807) is 12.1 Å². The summed E-state index contributed by atoms with van der Waals surface area (Å²) in [6, 6.07) is 13.0. The summed E-state index contributed by atoms with van der Waals surface area (Å²) in [6.45, 7) is 4.90. The van der Waals surface area contributed by atoms with Crippen LogP contribution >= 0.6 is 12.4 Å². The molecule has 1 aliphatic rings. The zero-order valence-electron chi connectivity index (χ0n) is 16.4. The van der Waals surface area contributed by atoms with Crippen LogP contribution in [0.4, 0.5) is 5.69 Å². The molecular weight excluding hydrogens is 374 g/mol. The molecule has 3 rings (SSSR count). The van der Waals surface area contributed by atoms with E-state index in [0.717, 1.165) is 48.2 Å². The molecule has 1 atom stereocenters. The van der Waals surface area contributed by atoms with Gasteiger partial charge in [0.25, 0.3) is 5.91 Å². The molecule has 1 aliphatic heterocycles. The highest BCUT2D eigenvalue weighted by molar-refractivity contribution is 6.05. The first-order valence-corrected chi connectivity index (χ1v) is 9.62. The number of rotatable bonds is 6. The van der Waals surface area contributed by atoms with Crippen molar-refractivity contribution in [3.8, 4) is 5.75 Å². The van der Waals surface area contributed by atoms with Gasteiger partial charge in [-0.1, -0.05) is 26.0 Å². The number of amidine groups is 1. The van der Waals surface area contributed by atoms with Crippen LogP contribution in [0.25, 0.3) is 0 Å². The molecule has 0 aliphatic carbocycles. The minimum absolute atomic E-state index is 0. The number of carbonyl (C=O) groups is 1. The van der Waals surface area contributed by atoms with Crippen LogP contribution in [0, 0.1) is 0 Å². The Kier molecular flexibility index (Phi) is 7.88. The number of aliphatic imine (C=N–C) groups is 1. The van der Waals surface area contributed by atoms with Crippen LogP contribution in [-0.4, -0.2) is 24.4 Å². The van der Waals surface area contributed by atoms with E-state index in [-0.39, 0.29) is 18.3 Å². The number of nitrogens with zero attached hydrogens (tertiary/aromatic N) is 1. The zero-order valence-corrected chi connectivity index (χ0v) is 17.2. The maximum Gasteiger partial charge on any atom is 0.255 e. The molecule has 1 amide bonds. The average Bonchev–Trinajstić information content (AvgIpc) is 2.71. The molecule has 2 aromatic carbocycles. The van der Waals surface area contributed by atoms with Crippen LogP contribution in [0.1, 0.15) is 54.6 Å². The zero-order chi connectivity index (χ0) is 19.2. The van der Waals surface area contributed by atoms with Crippen molar-refractivity contribution in [1.82, 2.24) is 0 Å². The van der Waals surface area contributed by atoms with E-state index in [0.29, 0.717) is 24.0 Å². The molecule has 0 fully saturated rings. The quantitative estimate of drug-likeness (QED) is 0.549. The summed E-state index contributed by atoms with van der Waals surface area (Å²) < 4.78 is 5.95. The van der Waals surface area contributed by atoms with E-state index in [2.05, 4.69) is 24.2 Å². The molecule has 0 radical (unpaired) electrons. The number of ether oxygens (including phenoxy) is 1. The summed E-state index contributed by atoms with van der Waals surface area (Å²) in [5.41, 5.74) is 9.30. The standard InChI is InChI=1S/C22H27N3O2.ClH/c1-3-13-24-21(23)15-5-7-16(8-6-15)22(26)25-18-10-12-20-17(14-18)9-11-19(4-2)27-20;/h5-8,10,12,14,19H,3-4,9,11,13H2,1-2H3,(H2,23,24)(H,25,26);1H. The van der Waals surface area contributed by atoms with Crippen LogP contribution < -0.4 is 15.8 Å². The highest BCUT2D eigenvalue weighted by Crippen LogP contribution is 2.31. The van der Waals surface area contributed by atoms with Crippen molar-refractivity contribution in [2.45, 2.75) is 45.6 Å². The fourth-order valence-corrected chi connectivity index (χ4v) is 3.13. The largest absolute Gasteiger partial charge is 0.490 e. The maximum absolute atomic E-state index is 12.5. The minimum atomic E-state index is -0.145. The fourth-order valence-electron chi connectivity index (χ4n) is 3.13. The van der Waals surface area contributed by atoms with Crippen molar-refractivity contribution < 1.29 is 9.53 Å². The van der Waals surface area contributed by atoms with Crippen molar-refractivity contribution in [1.29, 1.82) is 0 Å². The van der Waals surface area contributed by atoms with Gasteiger partial charge >= 0.3 is 0 Å². The van der Waals surface area contributed by atoms with Crippen molar-refractivity contribution in [3.63, 3.8) is 0 Å². The van der Waals surface area contributed by atoms with Gasteiger partial charge in [-0.05, 0) is 61.6 Å². The molecule has 5 nitrogen and oxygen atoms in total. The van der Waals surface area contributed by atoms with E-state index >= 15 is 0 Å². The molecular formula is C22H28ClN3O2. The number of hydrogen-bond acceptors (Lipinski definition) is 3. The second kappa shape index (κ2) is 10.1. The first-order valence-electron chi connectivity index (χ1n) is 9.62. The van der Waals surface area contributed by atoms with Gasteiger partial charge in [-0.15, -0.1) is 12.4 Å². The SMILES string of the molecule is CCCN=C(N)c1ccc(C(=O)Nc2ccc3c(c2)CCC(CC)O3)cc1.Cl. The number of nitrogens with two attached hydrogens (primary N) is 1. The van der Waals surface area contributed by atoms with Crippen molar-refractivity contribution in [3.05, 3.63) is 59.2 Å². The predicted octanol–water partition coefficient (Wildman–Crippen LogP) is 4.58. The monoisotopic (exact) mass is 401 g/mol. The van der Waals surface area contributed by atoms with E-state index in [9.17, 15) is 4.79 Å². The highest BCUT2D eigenvalue weighted by atomic mass is 35.5. The molecule has 0 saturated heterocycles. The molecule has 28 heavy (non-hydrogen) atoms. The number of nitrogens with one attached hydrogen (secondary N) is 1. The molecule has 1 unspecified atom stereocenters. The summed E-state index contributed by atoms with van der Waals surface area (Å²) in [7, 11) is 0. The maximum atomic E-state index is 12.5. The van der Waals surface area contributed by atoms with Crippen LogP contribution in [0.2, 0.25) is 0 Å². The Labute approximate surface area is 172 Å². The summed E-state index contributed by atoms with van der Waals surface area (Å²) in [4.78, 5) is 16.8. The van der Waals surface area contributed by atoms with Gasteiger partial charge in [0, 0.05) is 23.4 Å². The number of halogens is 1. The number of hydrogen-bond donors (Lipinski definition) is 2. The van der Waals surface area contributed by atoms with Crippen LogP contribution in [-0.2, 0) is 6.42 Å². The molecule has 0 saturated carbocycles. The van der Waals surface area contributed by atoms with Gasteiger partial charge < -0.3 is 15.8 Å². The van der Waals surface area contributed by atoms with Crippen molar-refractivity contribution >= 4 is 29.8 Å². The van der Waals surface area contributed by atoms with Crippen LogP contribution in [0.15, 0.2) is 47.5 Å². The van der Waals surface area contributed by atoms with Gasteiger partial charge in [0.1, 0.15) is 11.6 Å². The summed E-state index contributed by atoms with van der Waals surface area (Å²) in [5.74, 6) is 1.29. The summed E-state index contributed by atoms with van der Waals surface area (Å²) in [5, 5.41) is 2.96. The molecule has 6 heteroatoms. The average molecular weight is 402 g/mol. The highest BCUT2D eigenvalue weighted by Gasteiger charge is 2.18. The first kappa shape index (κ1) is 21.8. The fraction of sp³-hybridized carbons (Fsp3) is 0.364. The lowest BCUT2D eigenvalue weighted by molar-refractivity contribution is 0.102. The van der Waals surface area contributed by atoms with E-state index in [1.165, 1.54) is 0 Å². The van der Waals surface area contributed by atoms with E-state index in [1.807, 2.05) is 30.3 Å². The molecule has 150 valence electrons. The van der Waals surface area contributed by atoms with Gasteiger partial charge in [0.2, 0.25) is 0 Å². The van der Waals surface area contributed by atoms with Gasteiger partial charge in [-0.3, -0.25) is 9.79 Å². The third-order valence-corrected chi connectivity index (χ3v) is 4.75. The second-order valence-corrected chi connectivity index (χ2v) is 6.81. The smallest absolute Gasteiger partial charge is 0.255 e. The Balaban J connectivity index is 0.00000280. The topological polar surface area (TPSA) is 76.7 Å². The first-order chi connectivity index (χ1) is 13.1. The van der Waals surface area contributed by atoms with Crippen LogP contribution in [0.5, 0.6) is 5.75 Å².